The van der Waals surface area contributed by atoms with Gasteiger partial charge in [0.05, 0.1) is 22.3 Å². The topological polar surface area (TPSA) is 149 Å². The van der Waals surface area contributed by atoms with Crippen molar-refractivity contribution >= 4 is 23.9 Å². The molecule has 0 atom stereocenters. The van der Waals surface area contributed by atoms with Crippen LogP contribution in [-0.4, -0.2) is 44.3 Å². The Morgan fingerprint density at radius 2 is 0.759 bits per heavy atom. The molecule has 0 saturated carbocycles. The molecule has 0 aliphatic rings. The maximum atomic E-state index is 11.9. The van der Waals surface area contributed by atoms with Gasteiger partial charge in [0.15, 0.2) is 0 Å². The molecule has 4 N–H and O–H groups in total. The van der Waals surface area contributed by atoms with Crippen LogP contribution in [0.4, 0.5) is 0 Å². The van der Waals surface area contributed by atoms with Crippen molar-refractivity contribution in [1.29, 1.82) is 0 Å². The van der Waals surface area contributed by atoms with Gasteiger partial charge in [-0.05, 0) is 66.8 Å². The monoisotopic (exact) mass is 813 g/mol. The van der Waals surface area contributed by atoms with Gasteiger partial charge < -0.3 is 20.4 Å². The van der Waals surface area contributed by atoms with Crippen molar-refractivity contribution in [1.82, 2.24) is 0 Å². The van der Waals surface area contributed by atoms with E-state index < -0.39 is 23.9 Å². The number of unbranched alkanes of at least 4 members (excludes halogenated alkanes) is 16. The molecule has 0 aliphatic carbocycles. The van der Waals surface area contributed by atoms with Gasteiger partial charge in [0, 0.05) is 0 Å². The summed E-state index contributed by atoms with van der Waals surface area (Å²) in [6, 6.07) is 8.80. The summed E-state index contributed by atoms with van der Waals surface area (Å²) in [6.07, 6.45) is 29.8. The van der Waals surface area contributed by atoms with E-state index in [-0.39, 0.29) is 22.3 Å². The number of benzene rings is 2. The fourth-order valence-electron chi connectivity index (χ4n) is 6.63. The summed E-state index contributed by atoms with van der Waals surface area (Å²) >= 11 is 0. The molecule has 332 valence electrons. The van der Waals surface area contributed by atoms with Crippen molar-refractivity contribution in [2.45, 2.75) is 209 Å². The Bertz CT molecular complexity index is 1310. The summed E-state index contributed by atoms with van der Waals surface area (Å²) in [5, 5.41) is 36.3. The van der Waals surface area contributed by atoms with Crippen molar-refractivity contribution in [2.24, 2.45) is 11.8 Å². The van der Waals surface area contributed by atoms with Crippen LogP contribution >= 0.6 is 0 Å². The van der Waals surface area contributed by atoms with Gasteiger partial charge in [0.1, 0.15) is 0 Å². The van der Waals surface area contributed by atoms with E-state index in [1.54, 1.807) is 0 Å². The number of hydrogen-bond donors (Lipinski definition) is 4. The molecule has 0 aliphatic heterocycles. The summed E-state index contributed by atoms with van der Waals surface area (Å²) in [4.78, 5) is 44.4. The molecule has 58 heavy (non-hydrogen) atoms. The molecule has 0 spiro atoms. The first-order valence-electron chi connectivity index (χ1n) is 22.9. The molecular formula is C50H84O8. The van der Waals surface area contributed by atoms with Crippen molar-refractivity contribution in [3.8, 4) is 0 Å². The smallest absolute Gasteiger partial charge is 0.336 e. The third-order valence-corrected chi connectivity index (χ3v) is 10.1. The number of hydrogen-bond acceptors (Lipinski definition) is 4. The summed E-state index contributed by atoms with van der Waals surface area (Å²) in [5.74, 6) is -3.30. The van der Waals surface area contributed by atoms with Gasteiger partial charge in [0.2, 0.25) is 0 Å². The molecule has 0 heterocycles. The number of carbonyl (C=O) groups is 4. The van der Waals surface area contributed by atoms with E-state index in [0.29, 0.717) is 12.3 Å². The number of carboxylic acid groups (broad SMARTS) is 4. The zero-order valence-electron chi connectivity index (χ0n) is 38.0. The lowest BCUT2D eigenvalue weighted by Gasteiger charge is -2.15. The van der Waals surface area contributed by atoms with Crippen LogP contribution in [0, 0.1) is 11.8 Å². The standard InChI is InChI=1S/C26H42O4.C8H6O4.2C8H18/c1-19(2)13-9-5-7-11-15-21-17-18-23(25(27)28)24(26(29)30)22(21)16-12-8-6-10-14-20(3)4;9-7(10)5-3-1-2-4-6(5)8(11)12;2*1-3-5-7-8-6-4-2/h17-20H,5-16H2,1-4H3,(H,27,28)(H,29,30);1-4H,(H,9,10)(H,11,12);2*3-8H2,1-2H3. The first kappa shape index (κ1) is 56.4. The second-order valence-corrected chi connectivity index (χ2v) is 16.4. The minimum atomic E-state index is -1.23. The lowest BCUT2D eigenvalue weighted by molar-refractivity contribution is 0.0650. The number of aryl methyl sites for hydroxylation is 1. The third kappa shape index (κ3) is 29.5. The summed E-state index contributed by atoms with van der Waals surface area (Å²) in [7, 11) is 0. The maximum absolute atomic E-state index is 11.9. The SMILES string of the molecule is CC(C)CCCCCCc1ccc(C(=O)O)c(C(=O)O)c1CCCCCCC(C)C.CCCCCCCC.CCCCCCCC.O=C(O)c1ccccc1C(=O)O. The lowest BCUT2D eigenvalue weighted by atomic mass is 9.89. The molecule has 0 saturated heterocycles. The Hall–Kier alpha value is -3.68. The van der Waals surface area contributed by atoms with E-state index in [1.807, 2.05) is 6.07 Å². The van der Waals surface area contributed by atoms with Crippen LogP contribution in [0.5, 0.6) is 0 Å². The van der Waals surface area contributed by atoms with E-state index in [1.165, 1.54) is 139 Å². The normalized spacial score (nSPS) is 10.5. The number of aromatic carboxylic acids is 4. The van der Waals surface area contributed by atoms with Crippen LogP contribution in [0.3, 0.4) is 0 Å². The van der Waals surface area contributed by atoms with E-state index >= 15 is 0 Å². The maximum Gasteiger partial charge on any atom is 0.336 e. The lowest BCUT2D eigenvalue weighted by Crippen LogP contribution is -2.14. The van der Waals surface area contributed by atoms with Gasteiger partial charge >= 0.3 is 23.9 Å². The molecule has 0 aromatic heterocycles. The zero-order valence-corrected chi connectivity index (χ0v) is 38.0. The first-order chi connectivity index (χ1) is 27.7. The van der Waals surface area contributed by atoms with Gasteiger partial charge in [-0.2, -0.15) is 0 Å². The first-order valence-corrected chi connectivity index (χ1v) is 22.9. The predicted molar refractivity (Wildman–Crippen MR) is 242 cm³/mol. The van der Waals surface area contributed by atoms with Crippen molar-refractivity contribution in [2.75, 3.05) is 0 Å². The highest BCUT2D eigenvalue weighted by molar-refractivity contribution is 6.03. The Balaban J connectivity index is 0. The fraction of sp³-hybridized carbons (Fsp3) is 0.680. The molecule has 2 aromatic rings. The van der Waals surface area contributed by atoms with Gasteiger partial charge in [-0.15, -0.1) is 0 Å². The average molecular weight is 813 g/mol. The second kappa shape index (κ2) is 37.6. The van der Waals surface area contributed by atoms with Gasteiger partial charge in [-0.1, -0.05) is 202 Å². The van der Waals surface area contributed by atoms with Crippen LogP contribution in [0.2, 0.25) is 0 Å². The molecule has 0 bridgehead atoms. The molecule has 2 rings (SSSR count). The van der Waals surface area contributed by atoms with Crippen molar-refractivity contribution < 1.29 is 39.6 Å². The summed E-state index contributed by atoms with van der Waals surface area (Å²) < 4.78 is 0. The highest BCUT2D eigenvalue weighted by Gasteiger charge is 2.22. The van der Waals surface area contributed by atoms with Gasteiger partial charge in [0.25, 0.3) is 0 Å². The van der Waals surface area contributed by atoms with Crippen LogP contribution in [0.15, 0.2) is 36.4 Å². The van der Waals surface area contributed by atoms with E-state index in [0.717, 1.165) is 55.6 Å². The molecule has 0 amide bonds. The quantitative estimate of drug-likeness (QED) is 0.0620. The zero-order chi connectivity index (χ0) is 44.1. The van der Waals surface area contributed by atoms with E-state index in [4.69, 9.17) is 10.2 Å². The number of rotatable bonds is 28. The summed E-state index contributed by atoms with van der Waals surface area (Å²) in [5.41, 5.74) is 1.30. The minimum Gasteiger partial charge on any atom is -0.478 e. The molecular weight excluding hydrogens is 729 g/mol. The largest absolute Gasteiger partial charge is 0.478 e. The fourth-order valence-corrected chi connectivity index (χ4v) is 6.63. The van der Waals surface area contributed by atoms with E-state index in [9.17, 15) is 29.4 Å². The Labute approximate surface area is 353 Å². The van der Waals surface area contributed by atoms with Crippen LogP contribution in [-0.2, 0) is 12.8 Å². The summed E-state index contributed by atoms with van der Waals surface area (Å²) in [6.45, 7) is 18.0. The third-order valence-electron chi connectivity index (χ3n) is 10.1. The Morgan fingerprint density at radius 3 is 1.09 bits per heavy atom. The Kier molecular flexibility index (Phi) is 36.6. The van der Waals surface area contributed by atoms with E-state index in [2.05, 4.69) is 55.4 Å². The van der Waals surface area contributed by atoms with Gasteiger partial charge in [-0.25, -0.2) is 19.2 Å². The van der Waals surface area contributed by atoms with Gasteiger partial charge in [-0.3, -0.25) is 0 Å². The highest BCUT2D eigenvalue weighted by Crippen LogP contribution is 2.25. The molecule has 8 nitrogen and oxygen atoms in total. The molecule has 2 aromatic carbocycles. The molecule has 0 fully saturated rings. The van der Waals surface area contributed by atoms with Crippen LogP contribution in [0.25, 0.3) is 0 Å². The average Bonchev–Trinajstić information content (AvgIpc) is 3.18. The number of carboxylic acids is 4. The highest BCUT2D eigenvalue weighted by atomic mass is 16.4. The van der Waals surface area contributed by atoms with Crippen molar-refractivity contribution in [3.05, 3.63) is 69.8 Å². The van der Waals surface area contributed by atoms with Crippen LogP contribution < -0.4 is 0 Å². The molecule has 0 radical (unpaired) electrons. The second-order valence-electron chi connectivity index (χ2n) is 16.4. The molecule has 8 heteroatoms. The predicted octanol–water partition coefficient (Wildman–Crippen LogP) is 15.2. The molecule has 0 unspecified atom stereocenters. The minimum absolute atomic E-state index is 0.00184. The van der Waals surface area contributed by atoms with Crippen LogP contribution in [0.1, 0.15) is 249 Å². The van der Waals surface area contributed by atoms with Crippen molar-refractivity contribution in [3.63, 3.8) is 0 Å². The Morgan fingerprint density at radius 1 is 0.414 bits per heavy atom.